The predicted octanol–water partition coefficient (Wildman–Crippen LogP) is 3.97. The van der Waals surface area contributed by atoms with E-state index < -0.39 is 0 Å². The molecule has 73 valence electrons. The van der Waals surface area contributed by atoms with Crippen molar-refractivity contribution in [3.8, 4) is 0 Å². The second-order valence-corrected chi connectivity index (χ2v) is 4.08. The minimum absolute atomic E-state index is 0.781. The second kappa shape index (κ2) is 4.99. The molecule has 0 aliphatic heterocycles. The van der Waals surface area contributed by atoms with Gasteiger partial charge in [0, 0.05) is 0 Å². The van der Waals surface area contributed by atoms with Crippen molar-refractivity contribution in [2.24, 2.45) is 5.92 Å². The highest BCUT2D eigenvalue weighted by Crippen LogP contribution is 2.24. The first-order chi connectivity index (χ1) is 6.95. The van der Waals surface area contributed by atoms with Gasteiger partial charge in [-0.25, -0.2) is 0 Å². The Kier molecular flexibility index (Phi) is 3.39. The molecule has 1 radical (unpaired) electrons. The van der Waals surface area contributed by atoms with Crippen LogP contribution in [0, 0.1) is 12.0 Å². The molecule has 1 aliphatic rings. The Balaban J connectivity index is 1.93. The van der Waals surface area contributed by atoms with Crippen LogP contribution in [-0.4, -0.2) is 0 Å². The molecule has 0 heteroatoms. The van der Waals surface area contributed by atoms with E-state index >= 15 is 0 Å². The van der Waals surface area contributed by atoms with Crippen LogP contribution < -0.4 is 0 Å². The van der Waals surface area contributed by atoms with Crippen molar-refractivity contribution in [3.63, 3.8) is 0 Å². The number of rotatable bonds is 2. The summed E-state index contributed by atoms with van der Waals surface area (Å²) in [5.41, 5.74) is 1.21. The number of hydrogen-bond acceptors (Lipinski definition) is 0. The average Bonchev–Trinajstić information content (AvgIpc) is 2.29. The summed E-state index contributed by atoms with van der Waals surface area (Å²) in [6, 6.07) is 10.4. The fraction of sp³-hybridized carbons (Fsp3) is 0.429. The molecule has 0 nitrogen and oxygen atoms in total. The zero-order valence-electron chi connectivity index (χ0n) is 8.58. The summed E-state index contributed by atoms with van der Waals surface area (Å²) < 4.78 is 0. The lowest BCUT2D eigenvalue weighted by molar-refractivity contribution is 0.419. The molecule has 0 aromatic heterocycles. The summed E-state index contributed by atoms with van der Waals surface area (Å²) in [6.45, 7) is 0. The van der Waals surface area contributed by atoms with E-state index in [0.717, 1.165) is 5.92 Å². The molecule has 0 amide bonds. The Morgan fingerprint density at radius 1 is 1.00 bits per heavy atom. The third kappa shape index (κ3) is 2.73. The third-order valence-electron chi connectivity index (χ3n) is 2.91. The van der Waals surface area contributed by atoms with Crippen molar-refractivity contribution in [2.75, 3.05) is 0 Å². The van der Waals surface area contributed by atoms with E-state index in [1.165, 1.54) is 37.7 Å². The maximum absolute atomic E-state index is 3.39. The lowest BCUT2D eigenvalue weighted by Crippen LogP contribution is -2.02. The molecule has 14 heavy (non-hydrogen) atoms. The number of benzene rings is 1. The first-order valence-corrected chi connectivity index (χ1v) is 5.60. The van der Waals surface area contributed by atoms with Crippen LogP contribution in [0.25, 0.3) is 0 Å². The van der Waals surface area contributed by atoms with Crippen LogP contribution in [0.2, 0.25) is 0 Å². The van der Waals surface area contributed by atoms with E-state index in [1.807, 2.05) is 6.07 Å². The summed E-state index contributed by atoms with van der Waals surface area (Å²) >= 11 is 0. The largest absolute Gasteiger partial charge is 0.0729 e. The fourth-order valence-electron chi connectivity index (χ4n) is 2.05. The van der Waals surface area contributed by atoms with Crippen LogP contribution in [0.3, 0.4) is 0 Å². The van der Waals surface area contributed by atoms with Crippen LogP contribution in [0.1, 0.15) is 37.7 Å². The minimum atomic E-state index is 0.781. The lowest BCUT2D eigenvalue weighted by atomic mass is 9.89. The quantitative estimate of drug-likeness (QED) is 0.654. The molecule has 0 unspecified atom stereocenters. The van der Waals surface area contributed by atoms with Crippen molar-refractivity contribution >= 4 is 0 Å². The molecule has 1 aromatic rings. The van der Waals surface area contributed by atoms with Crippen LogP contribution in [0.15, 0.2) is 36.4 Å². The van der Waals surface area contributed by atoms with E-state index in [2.05, 4.69) is 36.4 Å². The van der Waals surface area contributed by atoms with Gasteiger partial charge in [-0.05, 0) is 30.4 Å². The molecule has 1 fully saturated rings. The van der Waals surface area contributed by atoms with Crippen LogP contribution in [0.5, 0.6) is 0 Å². The van der Waals surface area contributed by atoms with E-state index in [0.29, 0.717) is 0 Å². The Bertz CT molecular complexity index is 278. The van der Waals surface area contributed by atoms with Gasteiger partial charge in [-0.2, -0.15) is 0 Å². The van der Waals surface area contributed by atoms with Gasteiger partial charge in [0.05, 0.1) is 0 Å². The third-order valence-corrected chi connectivity index (χ3v) is 2.91. The lowest BCUT2D eigenvalue weighted by Gasteiger charge is -2.17. The summed E-state index contributed by atoms with van der Waals surface area (Å²) in [4.78, 5) is 0. The van der Waals surface area contributed by atoms with Gasteiger partial charge in [-0.3, -0.25) is 0 Å². The summed E-state index contributed by atoms with van der Waals surface area (Å²) in [5, 5.41) is 0. The van der Waals surface area contributed by atoms with Gasteiger partial charge in [0.25, 0.3) is 0 Å². The van der Waals surface area contributed by atoms with E-state index in [9.17, 15) is 0 Å². The second-order valence-electron chi connectivity index (χ2n) is 4.08. The van der Waals surface area contributed by atoms with Gasteiger partial charge < -0.3 is 0 Å². The van der Waals surface area contributed by atoms with Crippen molar-refractivity contribution in [2.45, 2.75) is 32.1 Å². The zero-order valence-corrected chi connectivity index (χ0v) is 8.58. The van der Waals surface area contributed by atoms with Gasteiger partial charge >= 0.3 is 0 Å². The minimum Gasteiger partial charge on any atom is -0.0729 e. The SMILES string of the molecule is [C](=CC1CCCCC1)c1ccccc1. The molecule has 0 saturated heterocycles. The van der Waals surface area contributed by atoms with Crippen LogP contribution in [0.4, 0.5) is 0 Å². The van der Waals surface area contributed by atoms with E-state index in [-0.39, 0.29) is 0 Å². The predicted molar refractivity (Wildman–Crippen MR) is 59.9 cm³/mol. The number of hydrogen-bond donors (Lipinski definition) is 0. The molecule has 0 heterocycles. The molecule has 0 spiro atoms. The van der Waals surface area contributed by atoms with Crippen molar-refractivity contribution in [1.29, 1.82) is 0 Å². The average molecular weight is 185 g/mol. The normalized spacial score (nSPS) is 18.9. The molecule has 0 N–H and O–H groups in total. The highest BCUT2D eigenvalue weighted by atomic mass is 14.1. The Labute approximate surface area is 86.7 Å². The number of allylic oxidation sites excluding steroid dienone is 1. The Morgan fingerprint density at radius 2 is 1.71 bits per heavy atom. The molecule has 2 rings (SSSR count). The Morgan fingerprint density at radius 3 is 2.43 bits per heavy atom. The molecule has 0 bridgehead atoms. The smallest absolute Gasteiger partial charge is 0.0146 e. The van der Waals surface area contributed by atoms with Gasteiger partial charge in [-0.1, -0.05) is 55.7 Å². The van der Waals surface area contributed by atoms with Crippen molar-refractivity contribution in [3.05, 3.63) is 48.0 Å². The highest BCUT2D eigenvalue weighted by molar-refractivity contribution is 5.21. The Hall–Kier alpha value is -1.04. The first-order valence-electron chi connectivity index (χ1n) is 5.60. The molecule has 1 saturated carbocycles. The van der Waals surface area contributed by atoms with Crippen LogP contribution >= 0.6 is 0 Å². The summed E-state index contributed by atoms with van der Waals surface area (Å²) in [5.74, 6) is 0.781. The molecule has 1 aromatic carbocycles. The topological polar surface area (TPSA) is 0 Å². The fourth-order valence-corrected chi connectivity index (χ4v) is 2.05. The zero-order chi connectivity index (χ0) is 9.64. The molecular formula is C14H17. The van der Waals surface area contributed by atoms with Crippen molar-refractivity contribution < 1.29 is 0 Å². The maximum atomic E-state index is 3.39. The van der Waals surface area contributed by atoms with E-state index in [1.54, 1.807) is 0 Å². The van der Waals surface area contributed by atoms with Crippen molar-refractivity contribution in [1.82, 2.24) is 0 Å². The van der Waals surface area contributed by atoms with Gasteiger partial charge in [0.15, 0.2) is 0 Å². The van der Waals surface area contributed by atoms with Gasteiger partial charge in [0.1, 0.15) is 0 Å². The summed E-state index contributed by atoms with van der Waals surface area (Å²) in [6.07, 6.45) is 12.6. The molecule has 0 atom stereocenters. The standard InChI is InChI=1S/C14H17/c1-3-7-13(8-4-1)11-12-14-9-5-2-6-10-14/h1,3-4,7-8,12,14H,2,5-6,9-10H2. The molecule has 1 aliphatic carbocycles. The maximum Gasteiger partial charge on any atom is -0.0146 e. The van der Waals surface area contributed by atoms with Crippen LogP contribution in [-0.2, 0) is 0 Å². The van der Waals surface area contributed by atoms with Gasteiger partial charge in [-0.15, -0.1) is 0 Å². The first kappa shape index (κ1) is 9.51. The summed E-state index contributed by atoms with van der Waals surface area (Å²) in [7, 11) is 0. The van der Waals surface area contributed by atoms with Gasteiger partial charge in [0.2, 0.25) is 0 Å². The molecular weight excluding hydrogens is 168 g/mol. The highest BCUT2D eigenvalue weighted by Gasteiger charge is 2.09. The van der Waals surface area contributed by atoms with E-state index in [4.69, 9.17) is 0 Å². The monoisotopic (exact) mass is 185 g/mol.